The number of carbonyl (C=O) groups excluding carboxylic acids is 1. The Morgan fingerprint density at radius 1 is 1.24 bits per heavy atom. The molecule has 0 bridgehead atoms. The van der Waals surface area contributed by atoms with Crippen molar-refractivity contribution in [1.82, 2.24) is 20.3 Å². The predicted molar refractivity (Wildman–Crippen MR) is 82.8 cm³/mol. The monoisotopic (exact) mass is 312 g/mol. The largest absolute Gasteiger partial charge is 0.352 e. The summed E-state index contributed by atoms with van der Waals surface area (Å²) in [5.41, 5.74) is 0. The lowest BCUT2D eigenvalue weighted by molar-refractivity contribution is -0.119. The molecule has 8 heteroatoms. The van der Waals surface area contributed by atoms with E-state index in [1.54, 1.807) is 11.9 Å². The Morgan fingerprint density at radius 2 is 1.86 bits per heavy atom. The van der Waals surface area contributed by atoms with Gasteiger partial charge in [-0.3, -0.25) is 4.79 Å². The van der Waals surface area contributed by atoms with Gasteiger partial charge in [-0.15, -0.1) is 0 Å². The normalized spacial score (nSPS) is 13.9. The Hall–Kier alpha value is -1.63. The predicted octanol–water partition coefficient (Wildman–Crippen LogP) is 1.09. The summed E-state index contributed by atoms with van der Waals surface area (Å²) in [6.07, 6.45) is 2.14. The molecule has 1 aromatic rings. The van der Waals surface area contributed by atoms with Crippen molar-refractivity contribution in [3.8, 4) is 0 Å². The van der Waals surface area contributed by atoms with Crippen molar-refractivity contribution in [2.24, 2.45) is 0 Å². The Morgan fingerprint density at radius 3 is 2.43 bits per heavy atom. The quantitative estimate of drug-likeness (QED) is 0.812. The van der Waals surface area contributed by atoms with Crippen LogP contribution in [0.25, 0.3) is 0 Å². The molecule has 2 rings (SSSR count). The van der Waals surface area contributed by atoms with Gasteiger partial charge in [-0.1, -0.05) is 0 Å². The molecule has 1 amide bonds. The molecule has 0 unspecified atom stereocenters. The van der Waals surface area contributed by atoms with Crippen LogP contribution < -0.4 is 15.1 Å². The first-order valence-electron chi connectivity index (χ1n) is 7.20. The molecule has 1 heterocycles. The minimum absolute atomic E-state index is 0.0269. The number of nitrogens with one attached hydrogen (secondary N) is 1. The zero-order valence-corrected chi connectivity index (χ0v) is 13.4. The molecule has 1 aromatic heterocycles. The van der Waals surface area contributed by atoms with E-state index in [4.69, 9.17) is 11.6 Å². The second-order valence-corrected chi connectivity index (χ2v) is 5.41. The molecule has 0 spiro atoms. The standard InChI is InChI=1S/C13H21ClN6O/c1-4-20(5-2)13-17-11(14)16-12(18-13)19(3)8-10(21)15-9-6-7-9/h9H,4-8H2,1-3H3,(H,15,21). The smallest absolute Gasteiger partial charge is 0.239 e. The maximum Gasteiger partial charge on any atom is 0.239 e. The number of likely N-dealkylation sites (N-methyl/N-ethyl adjacent to an activating group) is 1. The van der Waals surface area contributed by atoms with E-state index in [0.717, 1.165) is 25.9 Å². The molecule has 0 atom stereocenters. The summed E-state index contributed by atoms with van der Waals surface area (Å²) >= 11 is 5.97. The summed E-state index contributed by atoms with van der Waals surface area (Å²) < 4.78 is 0. The lowest BCUT2D eigenvalue weighted by Crippen LogP contribution is -2.37. The minimum atomic E-state index is -0.0269. The van der Waals surface area contributed by atoms with Gasteiger partial charge in [-0.25, -0.2) is 0 Å². The number of nitrogens with zero attached hydrogens (tertiary/aromatic N) is 5. The highest BCUT2D eigenvalue weighted by molar-refractivity contribution is 6.28. The van der Waals surface area contributed by atoms with Crippen LogP contribution in [0.3, 0.4) is 0 Å². The molecule has 116 valence electrons. The number of carbonyl (C=O) groups is 1. The first kappa shape index (κ1) is 15.8. The third kappa shape index (κ3) is 4.42. The summed E-state index contributed by atoms with van der Waals surface area (Å²) in [4.78, 5) is 28.1. The Bertz CT molecular complexity index is 503. The fourth-order valence-corrected chi connectivity index (χ4v) is 2.09. The number of hydrogen-bond donors (Lipinski definition) is 1. The molecule has 1 aliphatic carbocycles. The molecule has 21 heavy (non-hydrogen) atoms. The molecule has 0 aromatic carbocycles. The van der Waals surface area contributed by atoms with Gasteiger partial charge in [0.05, 0.1) is 6.54 Å². The maximum absolute atomic E-state index is 11.8. The van der Waals surface area contributed by atoms with E-state index in [9.17, 15) is 4.79 Å². The third-order valence-electron chi connectivity index (χ3n) is 3.30. The van der Waals surface area contributed by atoms with Crippen LogP contribution in [-0.4, -0.2) is 53.6 Å². The second-order valence-electron chi connectivity index (χ2n) is 5.07. The van der Waals surface area contributed by atoms with Crippen LogP contribution in [0.1, 0.15) is 26.7 Å². The highest BCUT2D eigenvalue weighted by Gasteiger charge is 2.24. The van der Waals surface area contributed by atoms with E-state index in [1.165, 1.54) is 0 Å². The van der Waals surface area contributed by atoms with Crippen molar-refractivity contribution in [2.45, 2.75) is 32.7 Å². The molecule has 1 N–H and O–H groups in total. The molecular weight excluding hydrogens is 292 g/mol. The lowest BCUT2D eigenvalue weighted by atomic mass is 10.5. The number of rotatable bonds is 7. The van der Waals surface area contributed by atoms with E-state index in [1.807, 2.05) is 18.7 Å². The van der Waals surface area contributed by atoms with Gasteiger partial charge in [0.1, 0.15) is 0 Å². The Kier molecular flexibility index (Phi) is 5.17. The van der Waals surface area contributed by atoms with Gasteiger partial charge < -0.3 is 15.1 Å². The van der Waals surface area contributed by atoms with Gasteiger partial charge in [0, 0.05) is 26.2 Å². The second kappa shape index (κ2) is 6.89. The highest BCUT2D eigenvalue weighted by Crippen LogP contribution is 2.19. The molecule has 0 radical (unpaired) electrons. The molecular formula is C13H21ClN6O. The summed E-state index contributed by atoms with van der Waals surface area (Å²) in [5, 5.41) is 3.07. The first-order chi connectivity index (χ1) is 10.0. The molecule has 7 nitrogen and oxygen atoms in total. The average Bonchev–Trinajstić information content (AvgIpc) is 3.23. The number of halogens is 1. The Balaban J connectivity index is 2.08. The van der Waals surface area contributed by atoms with Crippen molar-refractivity contribution in [3.05, 3.63) is 5.28 Å². The van der Waals surface area contributed by atoms with Crippen molar-refractivity contribution in [1.29, 1.82) is 0 Å². The van der Waals surface area contributed by atoms with E-state index < -0.39 is 0 Å². The third-order valence-corrected chi connectivity index (χ3v) is 3.46. The maximum atomic E-state index is 11.8. The summed E-state index contributed by atoms with van der Waals surface area (Å²) in [7, 11) is 1.77. The van der Waals surface area contributed by atoms with E-state index in [2.05, 4.69) is 20.3 Å². The fourth-order valence-electron chi connectivity index (χ4n) is 1.94. The van der Waals surface area contributed by atoms with E-state index >= 15 is 0 Å². The van der Waals surface area contributed by atoms with Crippen LogP contribution >= 0.6 is 11.6 Å². The Labute approximate surface area is 129 Å². The van der Waals surface area contributed by atoms with Gasteiger partial charge in [0.15, 0.2) is 0 Å². The van der Waals surface area contributed by atoms with Gasteiger partial charge in [-0.2, -0.15) is 15.0 Å². The molecule has 0 aliphatic heterocycles. The van der Waals surface area contributed by atoms with Crippen LogP contribution in [-0.2, 0) is 4.79 Å². The van der Waals surface area contributed by atoms with Crippen LogP contribution in [0.15, 0.2) is 0 Å². The fraction of sp³-hybridized carbons (Fsp3) is 0.692. The highest BCUT2D eigenvalue weighted by atomic mass is 35.5. The summed E-state index contributed by atoms with van der Waals surface area (Å²) in [5.74, 6) is 0.910. The average molecular weight is 313 g/mol. The number of amides is 1. The van der Waals surface area contributed by atoms with Crippen LogP contribution in [0.2, 0.25) is 5.28 Å². The summed E-state index contributed by atoms with van der Waals surface area (Å²) in [6, 6.07) is 0.346. The van der Waals surface area contributed by atoms with Crippen molar-refractivity contribution in [2.75, 3.05) is 36.5 Å². The zero-order chi connectivity index (χ0) is 15.4. The SMILES string of the molecule is CCN(CC)c1nc(Cl)nc(N(C)CC(=O)NC2CC2)n1. The summed E-state index contributed by atoms with van der Waals surface area (Å²) in [6.45, 7) is 5.81. The van der Waals surface area contributed by atoms with E-state index in [0.29, 0.717) is 17.9 Å². The number of anilines is 2. The minimum Gasteiger partial charge on any atom is -0.352 e. The van der Waals surface area contributed by atoms with Gasteiger partial charge in [-0.05, 0) is 38.3 Å². The topological polar surface area (TPSA) is 74.2 Å². The zero-order valence-electron chi connectivity index (χ0n) is 12.6. The molecule has 1 saturated carbocycles. The van der Waals surface area contributed by atoms with Gasteiger partial charge in [0.25, 0.3) is 0 Å². The lowest BCUT2D eigenvalue weighted by Gasteiger charge is -2.21. The van der Waals surface area contributed by atoms with Gasteiger partial charge in [0.2, 0.25) is 23.1 Å². The van der Waals surface area contributed by atoms with Crippen molar-refractivity contribution in [3.63, 3.8) is 0 Å². The van der Waals surface area contributed by atoms with Crippen molar-refractivity contribution >= 4 is 29.4 Å². The first-order valence-corrected chi connectivity index (χ1v) is 7.58. The number of aromatic nitrogens is 3. The van der Waals surface area contributed by atoms with Gasteiger partial charge >= 0.3 is 0 Å². The molecule has 1 aliphatic rings. The van der Waals surface area contributed by atoms with Crippen LogP contribution in [0.4, 0.5) is 11.9 Å². The van der Waals surface area contributed by atoms with Crippen LogP contribution in [0.5, 0.6) is 0 Å². The van der Waals surface area contributed by atoms with E-state index in [-0.39, 0.29) is 17.7 Å². The molecule has 1 fully saturated rings. The number of hydrogen-bond acceptors (Lipinski definition) is 6. The molecule has 0 saturated heterocycles. The van der Waals surface area contributed by atoms with Crippen LogP contribution in [0, 0.1) is 0 Å². The van der Waals surface area contributed by atoms with Crippen molar-refractivity contribution < 1.29 is 4.79 Å².